The van der Waals surface area contributed by atoms with Crippen molar-refractivity contribution in [3.05, 3.63) is 78.2 Å². The zero-order valence-electron chi connectivity index (χ0n) is 25.3. The average Bonchev–Trinajstić information content (AvgIpc) is 3.51. The van der Waals surface area contributed by atoms with Gasteiger partial charge < -0.3 is 14.5 Å². The van der Waals surface area contributed by atoms with Crippen LogP contribution in [-0.2, 0) is 17.8 Å². The normalized spacial score (nSPS) is 17.9. The van der Waals surface area contributed by atoms with E-state index in [2.05, 4.69) is 67.3 Å². The third-order valence-electron chi connectivity index (χ3n) is 8.56. The molecule has 12 nitrogen and oxygen atoms in total. The topological polar surface area (TPSA) is 125 Å². The molecule has 0 amide bonds. The summed E-state index contributed by atoms with van der Waals surface area (Å²) in [5, 5.41) is 17.8. The minimum absolute atomic E-state index is 0.156. The molecule has 228 valence electrons. The highest BCUT2D eigenvalue weighted by Crippen LogP contribution is 2.23. The maximum atomic E-state index is 9.27. The first kappa shape index (κ1) is 28.9. The van der Waals surface area contributed by atoms with Gasteiger partial charge >= 0.3 is 0 Å². The van der Waals surface area contributed by atoms with E-state index in [0.29, 0.717) is 54.7 Å². The van der Waals surface area contributed by atoms with Gasteiger partial charge in [-0.3, -0.25) is 4.90 Å². The van der Waals surface area contributed by atoms with Crippen LogP contribution in [0.5, 0.6) is 0 Å². The second-order valence-corrected chi connectivity index (χ2v) is 11.5. The number of fused-ring (bicyclic) bond motifs is 1. The summed E-state index contributed by atoms with van der Waals surface area (Å²) in [6.07, 6.45) is 5.29. The van der Waals surface area contributed by atoms with Crippen LogP contribution in [-0.4, -0.2) is 103 Å². The highest BCUT2D eigenvalue weighted by Gasteiger charge is 2.25. The van der Waals surface area contributed by atoms with Gasteiger partial charge in [0.1, 0.15) is 0 Å². The molecule has 2 aromatic carbocycles. The second kappa shape index (κ2) is 13.0. The monoisotopic (exact) mass is 601 g/mol. The van der Waals surface area contributed by atoms with Crippen molar-refractivity contribution < 1.29 is 4.74 Å². The van der Waals surface area contributed by atoms with E-state index >= 15 is 0 Å². The van der Waals surface area contributed by atoms with E-state index in [9.17, 15) is 5.26 Å². The summed E-state index contributed by atoms with van der Waals surface area (Å²) in [6, 6.07) is 18.2. The number of ether oxygens (including phenoxy) is 1. The molecule has 2 fully saturated rings. The fourth-order valence-electron chi connectivity index (χ4n) is 5.93. The lowest BCUT2D eigenvalue weighted by atomic mass is 10.1. The molecule has 0 aliphatic carbocycles. The molecule has 0 saturated carbocycles. The maximum Gasteiger partial charge on any atom is 0.225 e. The second-order valence-electron chi connectivity index (χ2n) is 11.5. The number of hydrogen-bond acceptors (Lipinski definition) is 11. The molecule has 1 unspecified atom stereocenters. The van der Waals surface area contributed by atoms with E-state index in [1.54, 1.807) is 23.0 Å². The van der Waals surface area contributed by atoms with Gasteiger partial charge in [-0.05, 0) is 29.8 Å². The molecule has 12 heteroatoms. The van der Waals surface area contributed by atoms with Crippen molar-refractivity contribution in [3.8, 4) is 28.5 Å². The number of piperazine rings is 1. The Morgan fingerprint density at radius 1 is 0.889 bits per heavy atom. The standard InChI is InChI=1S/C33H35N11O/c1-2-41-10-12-42(13-11-41)21-24-6-8-26(9-7-24)28-18-36-33(37-19-28)43-14-15-45-29(22-43)23-44-32-31(39-40-44)35-20-30(38-32)27-5-3-4-25(16-27)17-34/h3-9,16,18-20,29H,2,10-15,21-23H2,1H3. The van der Waals surface area contributed by atoms with E-state index in [4.69, 9.17) is 19.7 Å². The number of anilines is 1. The average molecular weight is 602 g/mol. The molecule has 5 heterocycles. The number of likely N-dealkylation sites (N-methyl/N-ethyl adjacent to an activating group) is 1. The van der Waals surface area contributed by atoms with Crippen molar-refractivity contribution in [2.45, 2.75) is 26.1 Å². The molecule has 0 bridgehead atoms. The predicted molar refractivity (Wildman–Crippen MR) is 170 cm³/mol. The molecule has 0 radical (unpaired) electrons. The summed E-state index contributed by atoms with van der Waals surface area (Å²) in [5.41, 5.74) is 6.50. The van der Waals surface area contributed by atoms with Crippen molar-refractivity contribution in [1.82, 2.24) is 44.7 Å². The molecule has 3 aromatic heterocycles. The fraction of sp³-hybridized carbons (Fsp3) is 0.364. The number of benzene rings is 2. The quantitative estimate of drug-likeness (QED) is 0.260. The van der Waals surface area contributed by atoms with Crippen LogP contribution in [0.1, 0.15) is 18.1 Å². The largest absolute Gasteiger partial charge is 0.373 e. The lowest BCUT2D eigenvalue weighted by molar-refractivity contribution is 0.0273. The summed E-state index contributed by atoms with van der Waals surface area (Å²) in [7, 11) is 0. The van der Waals surface area contributed by atoms with Crippen molar-refractivity contribution in [1.29, 1.82) is 5.26 Å². The van der Waals surface area contributed by atoms with Crippen molar-refractivity contribution >= 4 is 17.2 Å². The van der Waals surface area contributed by atoms with Crippen LogP contribution in [0.4, 0.5) is 5.95 Å². The summed E-state index contributed by atoms with van der Waals surface area (Å²) in [4.78, 5) is 25.8. The van der Waals surface area contributed by atoms with E-state index in [1.165, 1.54) is 5.56 Å². The van der Waals surface area contributed by atoms with Crippen LogP contribution in [0.3, 0.4) is 0 Å². The molecule has 0 N–H and O–H groups in total. The lowest BCUT2D eigenvalue weighted by Gasteiger charge is -2.34. The summed E-state index contributed by atoms with van der Waals surface area (Å²) < 4.78 is 7.82. The van der Waals surface area contributed by atoms with E-state index < -0.39 is 0 Å². The minimum Gasteiger partial charge on any atom is -0.373 e. The zero-order chi connectivity index (χ0) is 30.6. The Hall–Kier alpha value is -4.83. The third-order valence-corrected chi connectivity index (χ3v) is 8.56. The van der Waals surface area contributed by atoms with Crippen LogP contribution in [0.25, 0.3) is 33.7 Å². The first-order chi connectivity index (χ1) is 22.1. The van der Waals surface area contributed by atoms with Gasteiger partial charge in [-0.25, -0.2) is 24.6 Å². The van der Waals surface area contributed by atoms with Gasteiger partial charge in [-0.15, -0.1) is 5.10 Å². The minimum atomic E-state index is -0.156. The maximum absolute atomic E-state index is 9.27. The van der Waals surface area contributed by atoms with Crippen molar-refractivity contribution in [2.24, 2.45) is 0 Å². The molecule has 0 spiro atoms. The van der Waals surface area contributed by atoms with Crippen LogP contribution in [0.15, 0.2) is 67.1 Å². The molecule has 5 aromatic rings. The molecular formula is C33H35N11O. The van der Waals surface area contributed by atoms with E-state index in [0.717, 1.165) is 56.0 Å². The van der Waals surface area contributed by atoms with Gasteiger partial charge in [0.05, 0.1) is 42.8 Å². The molecule has 7 rings (SSSR count). The van der Waals surface area contributed by atoms with Gasteiger partial charge in [0.2, 0.25) is 11.6 Å². The number of nitrogens with zero attached hydrogens (tertiary/aromatic N) is 11. The third kappa shape index (κ3) is 6.51. The Labute approximate surface area is 261 Å². The van der Waals surface area contributed by atoms with Gasteiger partial charge in [0.15, 0.2) is 5.65 Å². The fourth-order valence-corrected chi connectivity index (χ4v) is 5.93. The Kier molecular flexibility index (Phi) is 8.37. The molecule has 2 saturated heterocycles. The highest BCUT2D eigenvalue weighted by atomic mass is 16.5. The summed E-state index contributed by atoms with van der Waals surface area (Å²) in [5.74, 6) is 0.679. The lowest BCUT2D eigenvalue weighted by Crippen LogP contribution is -2.45. The van der Waals surface area contributed by atoms with E-state index in [1.807, 2.05) is 24.5 Å². The number of hydrogen-bond donors (Lipinski definition) is 0. The molecule has 2 aliphatic rings. The number of rotatable bonds is 8. The Morgan fingerprint density at radius 3 is 2.47 bits per heavy atom. The Morgan fingerprint density at radius 2 is 1.69 bits per heavy atom. The molecule has 2 aliphatic heterocycles. The smallest absolute Gasteiger partial charge is 0.225 e. The SMILES string of the molecule is CCN1CCN(Cc2ccc(-c3cnc(N4CCOC(Cn5nnc6ncc(-c7cccc(C#N)c7)nc65)C4)nc3)cc2)CC1. The Bertz CT molecular complexity index is 1790. The van der Waals surface area contributed by atoms with Gasteiger partial charge in [-0.1, -0.05) is 48.5 Å². The number of nitriles is 1. The van der Waals surface area contributed by atoms with Gasteiger partial charge in [-0.2, -0.15) is 5.26 Å². The van der Waals surface area contributed by atoms with Gasteiger partial charge in [0.25, 0.3) is 0 Å². The molecule has 45 heavy (non-hydrogen) atoms. The van der Waals surface area contributed by atoms with E-state index in [-0.39, 0.29) is 6.10 Å². The van der Waals surface area contributed by atoms with Crippen LogP contribution < -0.4 is 4.90 Å². The first-order valence-corrected chi connectivity index (χ1v) is 15.4. The number of morpholine rings is 1. The summed E-state index contributed by atoms with van der Waals surface area (Å²) in [6.45, 7) is 11.2. The van der Waals surface area contributed by atoms with Crippen molar-refractivity contribution in [3.63, 3.8) is 0 Å². The van der Waals surface area contributed by atoms with Crippen LogP contribution in [0.2, 0.25) is 0 Å². The van der Waals surface area contributed by atoms with Crippen LogP contribution >= 0.6 is 0 Å². The number of aromatic nitrogens is 7. The van der Waals surface area contributed by atoms with Gasteiger partial charge in [0, 0.05) is 69.3 Å². The van der Waals surface area contributed by atoms with Crippen LogP contribution in [0, 0.1) is 11.3 Å². The highest BCUT2D eigenvalue weighted by molar-refractivity contribution is 5.70. The Balaban J connectivity index is 0.988. The van der Waals surface area contributed by atoms with Crippen molar-refractivity contribution in [2.75, 3.05) is 57.3 Å². The zero-order valence-corrected chi connectivity index (χ0v) is 25.3. The molecular weight excluding hydrogens is 566 g/mol. The molecule has 1 atom stereocenters. The summed E-state index contributed by atoms with van der Waals surface area (Å²) >= 11 is 0. The predicted octanol–water partition coefficient (Wildman–Crippen LogP) is 3.26. The first-order valence-electron chi connectivity index (χ1n) is 15.4.